The van der Waals surface area contributed by atoms with Gasteiger partial charge in [-0.2, -0.15) is 0 Å². The predicted molar refractivity (Wildman–Crippen MR) is 133 cm³/mol. The maximum absolute atomic E-state index is 12.2. The standard InChI is InChI=1S/C28H41NO4/c1-2-3-4-5-6-7-8-9-10-11-12-13-21-33-28(32)23-17-19-24(20-18-23)29-22-25-26(30)15-14-16-27(25)31/h17-20,22,29H,2-16,21H2,1H3. The number of rotatable bonds is 16. The van der Waals surface area contributed by atoms with Crippen molar-refractivity contribution in [3.8, 4) is 0 Å². The third-order valence-electron chi connectivity index (χ3n) is 6.14. The molecule has 0 unspecified atom stereocenters. The molecule has 1 aromatic rings. The van der Waals surface area contributed by atoms with Gasteiger partial charge in [0.2, 0.25) is 0 Å². The van der Waals surface area contributed by atoms with Crippen LogP contribution in [0.2, 0.25) is 0 Å². The van der Waals surface area contributed by atoms with Crippen LogP contribution < -0.4 is 5.32 Å². The van der Waals surface area contributed by atoms with Gasteiger partial charge in [-0.05, 0) is 37.1 Å². The second-order valence-electron chi connectivity index (χ2n) is 9.00. The minimum Gasteiger partial charge on any atom is -0.462 e. The van der Waals surface area contributed by atoms with Crippen molar-refractivity contribution in [2.45, 2.75) is 103 Å². The van der Waals surface area contributed by atoms with Gasteiger partial charge in [-0.1, -0.05) is 77.6 Å². The summed E-state index contributed by atoms with van der Waals surface area (Å²) in [6.07, 6.45) is 18.3. The van der Waals surface area contributed by atoms with Gasteiger partial charge in [0.1, 0.15) is 0 Å². The van der Waals surface area contributed by atoms with Gasteiger partial charge >= 0.3 is 5.97 Å². The zero-order chi connectivity index (χ0) is 23.7. The molecular formula is C28H41NO4. The fourth-order valence-electron chi connectivity index (χ4n) is 4.04. The summed E-state index contributed by atoms with van der Waals surface area (Å²) in [5.74, 6) is -0.547. The topological polar surface area (TPSA) is 72.5 Å². The molecule has 0 aromatic heterocycles. The van der Waals surface area contributed by atoms with Crippen LogP contribution in [-0.2, 0) is 14.3 Å². The average Bonchev–Trinajstić information content (AvgIpc) is 2.82. The van der Waals surface area contributed by atoms with E-state index in [1.54, 1.807) is 24.3 Å². The monoisotopic (exact) mass is 455 g/mol. The number of benzene rings is 1. The van der Waals surface area contributed by atoms with Crippen LogP contribution in [0.3, 0.4) is 0 Å². The van der Waals surface area contributed by atoms with Crippen molar-refractivity contribution in [2.24, 2.45) is 0 Å². The van der Waals surface area contributed by atoms with Crippen LogP contribution in [0, 0.1) is 0 Å². The molecule has 1 aliphatic carbocycles. The van der Waals surface area contributed by atoms with E-state index in [4.69, 9.17) is 4.74 Å². The fraction of sp³-hybridized carbons (Fsp3) is 0.607. The fourth-order valence-corrected chi connectivity index (χ4v) is 4.04. The molecular weight excluding hydrogens is 414 g/mol. The van der Waals surface area contributed by atoms with Gasteiger partial charge in [-0.3, -0.25) is 9.59 Å². The molecule has 5 nitrogen and oxygen atoms in total. The third-order valence-corrected chi connectivity index (χ3v) is 6.14. The van der Waals surface area contributed by atoms with Gasteiger partial charge in [-0.25, -0.2) is 4.79 Å². The second kappa shape index (κ2) is 16.2. The highest BCUT2D eigenvalue weighted by molar-refractivity contribution is 6.21. The lowest BCUT2D eigenvalue weighted by Gasteiger charge is -2.12. The molecule has 0 aliphatic heterocycles. The number of carbonyl (C=O) groups is 3. The largest absolute Gasteiger partial charge is 0.462 e. The van der Waals surface area contributed by atoms with Crippen LogP contribution in [0.5, 0.6) is 0 Å². The van der Waals surface area contributed by atoms with Crippen molar-refractivity contribution in [2.75, 3.05) is 11.9 Å². The number of hydrogen-bond acceptors (Lipinski definition) is 5. The Bertz CT molecular complexity index is 749. The van der Waals surface area contributed by atoms with E-state index in [1.165, 1.54) is 70.4 Å². The lowest BCUT2D eigenvalue weighted by atomic mass is 9.93. The first kappa shape index (κ1) is 26.8. The van der Waals surface area contributed by atoms with E-state index in [-0.39, 0.29) is 23.1 Å². The maximum atomic E-state index is 12.2. The molecule has 1 aliphatic rings. The van der Waals surface area contributed by atoms with Crippen LogP contribution in [0.1, 0.15) is 114 Å². The van der Waals surface area contributed by atoms with E-state index in [2.05, 4.69) is 12.2 Å². The molecule has 1 fully saturated rings. The number of ether oxygens (including phenoxy) is 1. The van der Waals surface area contributed by atoms with Crippen LogP contribution in [0.15, 0.2) is 36.0 Å². The maximum Gasteiger partial charge on any atom is 0.338 e. The number of esters is 1. The van der Waals surface area contributed by atoms with Crippen LogP contribution in [0.25, 0.3) is 0 Å². The quantitative estimate of drug-likeness (QED) is 0.124. The number of carbonyl (C=O) groups excluding carboxylic acids is 3. The molecule has 5 heteroatoms. The Morgan fingerprint density at radius 3 is 1.88 bits per heavy atom. The normalized spacial score (nSPS) is 13.8. The first-order valence-electron chi connectivity index (χ1n) is 12.9. The SMILES string of the molecule is CCCCCCCCCCCCCCOC(=O)c1ccc(NC=C2C(=O)CCCC2=O)cc1. The van der Waals surface area contributed by atoms with Crippen molar-refractivity contribution in [3.05, 3.63) is 41.6 Å². The molecule has 1 N–H and O–H groups in total. The van der Waals surface area contributed by atoms with Gasteiger partial charge in [0.25, 0.3) is 0 Å². The Balaban J connectivity index is 1.54. The van der Waals surface area contributed by atoms with Crippen molar-refractivity contribution >= 4 is 23.2 Å². The van der Waals surface area contributed by atoms with Crippen molar-refractivity contribution in [1.29, 1.82) is 0 Å². The molecule has 0 saturated heterocycles. The van der Waals surface area contributed by atoms with E-state index in [1.807, 2.05) is 0 Å². The lowest BCUT2D eigenvalue weighted by Crippen LogP contribution is -2.19. The first-order chi connectivity index (χ1) is 16.1. The number of hydrogen-bond donors (Lipinski definition) is 1. The van der Waals surface area contributed by atoms with E-state index >= 15 is 0 Å². The summed E-state index contributed by atoms with van der Waals surface area (Å²) in [6, 6.07) is 6.87. The van der Waals surface area contributed by atoms with Crippen molar-refractivity contribution < 1.29 is 19.1 Å². The van der Waals surface area contributed by atoms with E-state index < -0.39 is 0 Å². The van der Waals surface area contributed by atoms with Crippen molar-refractivity contribution in [3.63, 3.8) is 0 Å². The molecule has 0 radical (unpaired) electrons. The number of nitrogens with one attached hydrogen (secondary N) is 1. The second-order valence-corrected chi connectivity index (χ2v) is 9.00. The van der Waals surface area contributed by atoms with E-state index in [9.17, 15) is 14.4 Å². The minimum atomic E-state index is -0.319. The third kappa shape index (κ3) is 10.8. The van der Waals surface area contributed by atoms with E-state index in [0.717, 1.165) is 12.8 Å². The zero-order valence-electron chi connectivity index (χ0n) is 20.3. The summed E-state index contributed by atoms with van der Waals surface area (Å²) in [6.45, 7) is 2.71. The molecule has 0 spiro atoms. The van der Waals surface area contributed by atoms with Crippen molar-refractivity contribution in [1.82, 2.24) is 0 Å². The van der Waals surface area contributed by atoms with E-state index in [0.29, 0.717) is 37.1 Å². The van der Waals surface area contributed by atoms with Crippen LogP contribution in [-0.4, -0.2) is 24.1 Å². The number of unbranched alkanes of at least 4 members (excludes halogenated alkanes) is 11. The molecule has 33 heavy (non-hydrogen) atoms. The first-order valence-corrected chi connectivity index (χ1v) is 12.9. The summed E-state index contributed by atoms with van der Waals surface area (Å²) < 4.78 is 5.38. The summed E-state index contributed by atoms with van der Waals surface area (Å²) in [5.41, 5.74) is 1.44. The number of anilines is 1. The van der Waals surface area contributed by atoms with Gasteiger partial charge in [0.05, 0.1) is 17.7 Å². The predicted octanol–water partition coefficient (Wildman–Crippen LogP) is 7.16. The molecule has 1 saturated carbocycles. The minimum absolute atomic E-state index is 0.114. The highest BCUT2D eigenvalue weighted by Gasteiger charge is 2.22. The molecule has 2 rings (SSSR count). The zero-order valence-corrected chi connectivity index (χ0v) is 20.3. The Hall–Kier alpha value is -2.43. The lowest BCUT2D eigenvalue weighted by molar-refractivity contribution is -0.123. The number of ketones is 2. The van der Waals surface area contributed by atoms with Crippen LogP contribution in [0.4, 0.5) is 5.69 Å². The summed E-state index contributed by atoms with van der Waals surface area (Å²) in [4.78, 5) is 35.9. The Morgan fingerprint density at radius 2 is 1.33 bits per heavy atom. The number of allylic oxidation sites excluding steroid dienone is 1. The molecule has 0 amide bonds. The Kier molecular flexibility index (Phi) is 13.2. The summed E-state index contributed by atoms with van der Waals surface area (Å²) in [7, 11) is 0. The smallest absolute Gasteiger partial charge is 0.338 e. The number of Topliss-reactive ketones (excluding diaryl/α,β-unsaturated/α-hetero) is 2. The van der Waals surface area contributed by atoms with Gasteiger partial charge < -0.3 is 10.1 Å². The molecule has 0 bridgehead atoms. The Labute approximate surface area is 199 Å². The van der Waals surface area contributed by atoms with Gasteiger partial charge in [-0.15, -0.1) is 0 Å². The molecule has 0 atom stereocenters. The van der Waals surface area contributed by atoms with Gasteiger partial charge in [0, 0.05) is 24.7 Å². The summed E-state index contributed by atoms with van der Waals surface area (Å²) >= 11 is 0. The summed E-state index contributed by atoms with van der Waals surface area (Å²) in [5, 5.41) is 2.98. The van der Waals surface area contributed by atoms with Crippen LogP contribution >= 0.6 is 0 Å². The molecule has 1 aromatic carbocycles. The highest BCUT2D eigenvalue weighted by atomic mass is 16.5. The molecule has 182 valence electrons. The Morgan fingerprint density at radius 1 is 0.818 bits per heavy atom. The molecule has 0 heterocycles. The average molecular weight is 456 g/mol. The highest BCUT2D eigenvalue weighted by Crippen LogP contribution is 2.18. The van der Waals surface area contributed by atoms with Gasteiger partial charge in [0.15, 0.2) is 11.6 Å².